The molecule has 32 heavy (non-hydrogen) atoms. The van der Waals surface area contributed by atoms with E-state index in [4.69, 9.17) is 0 Å². The number of aromatic nitrogens is 2. The highest BCUT2D eigenvalue weighted by Gasteiger charge is 2.21. The Balaban J connectivity index is 1.88. The molecule has 0 aliphatic rings. The van der Waals surface area contributed by atoms with Crippen molar-refractivity contribution in [2.75, 3.05) is 19.4 Å². The Labute approximate surface area is 187 Å². The number of aryl methyl sites for hydroxylation is 2. The van der Waals surface area contributed by atoms with Crippen LogP contribution in [-0.2, 0) is 21.2 Å². The molecule has 1 N–H and O–H groups in total. The smallest absolute Gasteiger partial charge is 0.242 e. The zero-order valence-electron chi connectivity index (χ0n) is 19.0. The van der Waals surface area contributed by atoms with Gasteiger partial charge in [-0.2, -0.15) is 5.10 Å². The van der Waals surface area contributed by atoms with Gasteiger partial charge < -0.3 is 5.32 Å². The van der Waals surface area contributed by atoms with Gasteiger partial charge in [0.25, 0.3) is 0 Å². The summed E-state index contributed by atoms with van der Waals surface area (Å²) in [5, 5.41) is 7.35. The Hall–Kier alpha value is -3.04. The summed E-state index contributed by atoms with van der Waals surface area (Å²) < 4.78 is 41.2. The van der Waals surface area contributed by atoms with Gasteiger partial charge >= 0.3 is 0 Å². The van der Waals surface area contributed by atoms with Crippen LogP contribution < -0.4 is 5.32 Å². The molecule has 0 bridgehead atoms. The van der Waals surface area contributed by atoms with Gasteiger partial charge in [0, 0.05) is 31.0 Å². The first-order valence-electron chi connectivity index (χ1n) is 10.1. The molecule has 170 valence electrons. The number of nitrogens with one attached hydrogen (secondary N) is 1. The van der Waals surface area contributed by atoms with Crippen molar-refractivity contribution in [3.8, 4) is 5.69 Å². The number of amides is 1. The number of nitrogens with zero attached hydrogens (tertiary/aromatic N) is 3. The standard InChI is InChI=1S/C23H27FN4O3S/c1-14-11-20(32(30,31)27(5)6)12-22(15(14)2)25-23(29)13-21-16(3)26-28(17(21)4)19-9-7-18(24)8-10-19/h7-12H,13H2,1-6H3,(H,25,29). The molecule has 1 aromatic heterocycles. The van der Waals surface area contributed by atoms with Gasteiger partial charge in [0.15, 0.2) is 0 Å². The Morgan fingerprint density at radius 2 is 1.72 bits per heavy atom. The number of anilines is 1. The largest absolute Gasteiger partial charge is 0.326 e. The lowest BCUT2D eigenvalue weighted by atomic mass is 10.1. The van der Waals surface area contributed by atoms with Gasteiger partial charge in [0.1, 0.15) is 5.82 Å². The molecule has 1 heterocycles. The molecular weight excluding hydrogens is 431 g/mol. The van der Waals surface area contributed by atoms with Gasteiger partial charge in [-0.15, -0.1) is 0 Å². The lowest BCUT2D eigenvalue weighted by Crippen LogP contribution is -2.23. The average Bonchev–Trinajstić information content (AvgIpc) is 2.99. The molecule has 3 rings (SSSR count). The molecular formula is C23H27FN4O3S. The van der Waals surface area contributed by atoms with Crippen LogP contribution in [0.5, 0.6) is 0 Å². The second kappa shape index (κ2) is 8.84. The van der Waals surface area contributed by atoms with Crippen LogP contribution in [0.4, 0.5) is 10.1 Å². The predicted molar refractivity (Wildman–Crippen MR) is 122 cm³/mol. The highest BCUT2D eigenvalue weighted by atomic mass is 32.2. The summed E-state index contributed by atoms with van der Waals surface area (Å²) in [6, 6.07) is 9.05. The molecule has 0 fully saturated rings. The van der Waals surface area contributed by atoms with E-state index < -0.39 is 10.0 Å². The minimum absolute atomic E-state index is 0.0714. The van der Waals surface area contributed by atoms with Crippen molar-refractivity contribution in [3.05, 3.63) is 70.3 Å². The van der Waals surface area contributed by atoms with E-state index in [2.05, 4.69) is 10.4 Å². The van der Waals surface area contributed by atoms with E-state index in [0.717, 1.165) is 26.7 Å². The van der Waals surface area contributed by atoms with E-state index in [0.29, 0.717) is 17.1 Å². The van der Waals surface area contributed by atoms with Gasteiger partial charge in [0.05, 0.1) is 22.7 Å². The van der Waals surface area contributed by atoms with E-state index in [1.807, 2.05) is 20.8 Å². The maximum absolute atomic E-state index is 13.3. The number of hydrogen-bond donors (Lipinski definition) is 1. The minimum Gasteiger partial charge on any atom is -0.326 e. The van der Waals surface area contributed by atoms with Crippen LogP contribution >= 0.6 is 0 Å². The van der Waals surface area contributed by atoms with Crippen molar-refractivity contribution in [2.24, 2.45) is 0 Å². The molecule has 7 nitrogen and oxygen atoms in total. The zero-order valence-corrected chi connectivity index (χ0v) is 19.8. The summed E-state index contributed by atoms with van der Waals surface area (Å²) in [7, 11) is -0.704. The summed E-state index contributed by atoms with van der Waals surface area (Å²) >= 11 is 0. The maximum Gasteiger partial charge on any atom is 0.242 e. The molecule has 0 radical (unpaired) electrons. The minimum atomic E-state index is -3.64. The number of carbonyl (C=O) groups is 1. The number of rotatable bonds is 6. The Morgan fingerprint density at radius 1 is 1.09 bits per heavy atom. The Morgan fingerprint density at radius 3 is 2.31 bits per heavy atom. The maximum atomic E-state index is 13.3. The first-order chi connectivity index (χ1) is 14.9. The monoisotopic (exact) mass is 458 g/mol. The third-order valence-corrected chi connectivity index (χ3v) is 7.34. The first-order valence-corrected chi connectivity index (χ1v) is 11.5. The van der Waals surface area contributed by atoms with Crippen molar-refractivity contribution in [1.82, 2.24) is 14.1 Å². The molecule has 3 aromatic rings. The van der Waals surface area contributed by atoms with Crippen LogP contribution in [0.1, 0.15) is 28.1 Å². The second-order valence-electron chi connectivity index (χ2n) is 7.96. The third-order valence-electron chi connectivity index (χ3n) is 5.54. The summed E-state index contributed by atoms with van der Waals surface area (Å²) in [5.41, 5.74) is 4.95. The van der Waals surface area contributed by atoms with Crippen LogP contribution in [0.2, 0.25) is 0 Å². The first kappa shape index (κ1) is 23.6. The summed E-state index contributed by atoms with van der Waals surface area (Å²) in [5.74, 6) is -0.615. The summed E-state index contributed by atoms with van der Waals surface area (Å²) in [6.45, 7) is 7.31. The molecule has 1 amide bonds. The number of halogens is 1. The van der Waals surface area contributed by atoms with Crippen molar-refractivity contribution >= 4 is 21.6 Å². The van der Waals surface area contributed by atoms with E-state index in [-0.39, 0.29) is 23.0 Å². The third kappa shape index (κ3) is 4.58. The predicted octanol–water partition coefficient (Wildman–Crippen LogP) is 3.68. The van der Waals surface area contributed by atoms with Gasteiger partial charge in [-0.3, -0.25) is 4.79 Å². The highest BCUT2D eigenvalue weighted by Crippen LogP contribution is 2.26. The topological polar surface area (TPSA) is 84.3 Å². The zero-order chi connectivity index (χ0) is 23.8. The molecule has 0 saturated carbocycles. The van der Waals surface area contributed by atoms with Crippen molar-refractivity contribution < 1.29 is 17.6 Å². The van der Waals surface area contributed by atoms with Crippen LogP contribution in [0.3, 0.4) is 0 Å². The molecule has 2 aromatic carbocycles. The van der Waals surface area contributed by atoms with Gasteiger partial charge in [-0.05, 0) is 75.2 Å². The summed E-state index contributed by atoms with van der Waals surface area (Å²) in [4.78, 5) is 13.0. The molecule has 0 unspecified atom stereocenters. The molecule has 0 spiro atoms. The molecule has 0 aliphatic heterocycles. The van der Waals surface area contributed by atoms with Crippen LogP contribution in [-0.4, -0.2) is 42.5 Å². The van der Waals surface area contributed by atoms with E-state index in [1.54, 1.807) is 29.8 Å². The molecule has 0 aliphatic carbocycles. The van der Waals surface area contributed by atoms with E-state index >= 15 is 0 Å². The summed E-state index contributed by atoms with van der Waals surface area (Å²) in [6.07, 6.45) is 0.0714. The number of hydrogen-bond acceptors (Lipinski definition) is 4. The van der Waals surface area contributed by atoms with Gasteiger partial charge in [-0.1, -0.05) is 0 Å². The van der Waals surface area contributed by atoms with Crippen molar-refractivity contribution in [2.45, 2.75) is 39.0 Å². The Bertz CT molecular complexity index is 1280. The molecule has 0 saturated heterocycles. The van der Waals surface area contributed by atoms with E-state index in [9.17, 15) is 17.6 Å². The van der Waals surface area contributed by atoms with Gasteiger partial charge in [0.2, 0.25) is 15.9 Å². The van der Waals surface area contributed by atoms with E-state index in [1.165, 1.54) is 32.3 Å². The highest BCUT2D eigenvalue weighted by molar-refractivity contribution is 7.89. The normalized spacial score (nSPS) is 11.8. The number of sulfonamides is 1. The number of carbonyl (C=O) groups excluding carboxylic acids is 1. The Kier molecular flexibility index (Phi) is 6.52. The fraction of sp³-hybridized carbons (Fsp3) is 0.304. The lowest BCUT2D eigenvalue weighted by molar-refractivity contribution is -0.115. The fourth-order valence-electron chi connectivity index (χ4n) is 3.44. The van der Waals surface area contributed by atoms with Crippen molar-refractivity contribution in [3.63, 3.8) is 0 Å². The quantitative estimate of drug-likeness (QED) is 0.611. The van der Waals surface area contributed by atoms with Crippen LogP contribution in [0, 0.1) is 33.5 Å². The SMILES string of the molecule is Cc1cc(S(=O)(=O)N(C)C)cc(NC(=O)Cc2c(C)nn(-c3ccc(F)cc3)c2C)c1C. The van der Waals surface area contributed by atoms with Crippen LogP contribution in [0.25, 0.3) is 5.69 Å². The second-order valence-corrected chi connectivity index (χ2v) is 10.1. The molecule has 0 atom stereocenters. The average molecular weight is 459 g/mol. The number of benzene rings is 2. The van der Waals surface area contributed by atoms with Crippen LogP contribution in [0.15, 0.2) is 41.3 Å². The van der Waals surface area contributed by atoms with Crippen molar-refractivity contribution in [1.29, 1.82) is 0 Å². The fourth-order valence-corrected chi connectivity index (χ4v) is 4.45. The lowest BCUT2D eigenvalue weighted by Gasteiger charge is -2.16. The molecule has 9 heteroatoms. The van der Waals surface area contributed by atoms with Gasteiger partial charge in [-0.25, -0.2) is 21.8 Å².